The number of nitrogens with zero attached hydrogens (tertiary/aromatic N) is 2. The van der Waals surface area contributed by atoms with Gasteiger partial charge in [0, 0.05) is 12.5 Å². The number of ether oxygens (including phenoxy) is 1. The van der Waals surface area contributed by atoms with Crippen molar-refractivity contribution in [3.63, 3.8) is 0 Å². The average molecular weight is 659 g/mol. The minimum Gasteiger partial charge on any atom is -0.484 e. The van der Waals surface area contributed by atoms with Crippen molar-refractivity contribution in [2.75, 3.05) is 17.4 Å². The Balaban J connectivity index is 1.74. The fourth-order valence-corrected chi connectivity index (χ4v) is 6.14. The van der Waals surface area contributed by atoms with Gasteiger partial charge >= 0.3 is 12.4 Å². The lowest BCUT2D eigenvalue weighted by atomic mass is 10.0. The van der Waals surface area contributed by atoms with E-state index in [4.69, 9.17) is 4.74 Å². The zero-order chi connectivity index (χ0) is 33.3. The maximum atomic E-state index is 13.9. The highest BCUT2D eigenvalue weighted by molar-refractivity contribution is 7.92. The number of benzene rings is 2. The van der Waals surface area contributed by atoms with Gasteiger partial charge in [-0.05, 0) is 54.4 Å². The van der Waals surface area contributed by atoms with Crippen LogP contribution in [0, 0.1) is 5.92 Å². The number of alkyl halides is 6. The molecule has 0 saturated heterocycles. The molecule has 0 spiro atoms. The summed E-state index contributed by atoms with van der Waals surface area (Å²) in [4.78, 5) is 27.3. The maximum absolute atomic E-state index is 13.9. The first-order valence-electron chi connectivity index (χ1n) is 13.5. The first-order chi connectivity index (χ1) is 20.9. The SMILES string of the molecule is CC(=O)NC(C(=O)NC[C@H]1CN(S(=O)(=O)c2cccc(C(F)(F)F)c2)c2cc(-c3cccc(C(F)(F)F)n3)ccc2O1)C(C)C. The van der Waals surface area contributed by atoms with E-state index in [0.717, 1.165) is 28.6 Å². The Labute approximate surface area is 254 Å². The number of halogens is 6. The van der Waals surface area contributed by atoms with Gasteiger partial charge in [-0.2, -0.15) is 26.3 Å². The van der Waals surface area contributed by atoms with E-state index in [0.29, 0.717) is 12.1 Å². The van der Waals surface area contributed by atoms with Gasteiger partial charge in [-0.1, -0.05) is 26.0 Å². The highest BCUT2D eigenvalue weighted by atomic mass is 32.2. The number of carbonyl (C=O) groups excluding carboxylic acids is 2. The second-order valence-corrected chi connectivity index (χ2v) is 12.4. The van der Waals surface area contributed by atoms with E-state index in [1.807, 2.05) is 0 Å². The molecule has 0 bridgehead atoms. The minimum absolute atomic E-state index is 0.0611. The Morgan fingerprint density at radius 2 is 1.69 bits per heavy atom. The van der Waals surface area contributed by atoms with Gasteiger partial charge in [0.25, 0.3) is 10.0 Å². The normalized spacial score (nSPS) is 16.0. The molecule has 3 aromatic rings. The predicted octanol–water partition coefficient (Wildman–Crippen LogP) is 5.02. The molecule has 1 aliphatic heterocycles. The number of hydrogen-bond donors (Lipinski definition) is 2. The van der Waals surface area contributed by atoms with Crippen molar-refractivity contribution in [1.82, 2.24) is 15.6 Å². The molecular weight excluding hydrogens is 630 g/mol. The maximum Gasteiger partial charge on any atom is 0.433 e. The molecule has 45 heavy (non-hydrogen) atoms. The molecule has 0 fully saturated rings. The van der Waals surface area contributed by atoms with Crippen LogP contribution >= 0.6 is 0 Å². The Morgan fingerprint density at radius 1 is 1.00 bits per heavy atom. The second kappa shape index (κ2) is 12.6. The Bertz CT molecular complexity index is 1690. The van der Waals surface area contributed by atoms with Crippen LogP contribution in [0.4, 0.5) is 32.0 Å². The van der Waals surface area contributed by atoms with Gasteiger partial charge in [0.05, 0.1) is 34.9 Å². The molecular formula is C29H28F6N4O5S. The molecule has 2 atom stereocenters. The Kier molecular flexibility index (Phi) is 9.37. The lowest BCUT2D eigenvalue weighted by Crippen LogP contribution is -2.53. The Hall–Kier alpha value is -4.34. The summed E-state index contributed by atoms with van der Waals surface area (Å²) in [5.41, 5.74) is -2.62. The minimum atomic E-state index is -4.84. The second-order valence-electron chi connectivity index (χ2n) is 10.6. The number of amides is 2. The van der Waals surface area contributed by atoms with Gasteiger partial charge in [-0.15, -0.1) is 0 Å². The lowest BCUT2D eigenvalue weighted by molar-refractivity contribution is -0.141. The van der Waals surface area contributed by atoms with E-state index in [1.165, 1.54) is 31.2 Å². The fraction of sp³-hybridized carbons (Fsp3) is 0.345. The molecule has 1 unspecified atom stereocenters. The molecule has 2 amide bonds. The van der Waals surface area contributed by atoms with E-state index in [2.05, 4.69) is 15.6 Å². The average Bonchev–Trinajstić information content (AvgIpc) is 2.97. The van der Waals surface area contributed by atoms with Crippen LogP contribution in [0.3, 0.4) is 0 Å². The quantitative estimate of drug-likeness (QED) is 0.329. The van der Waals surface area contributed by atoms with Crippen LogP contribution in [-0.2, 0) is 32.0 Å². The first-order valence-corrected chi connectivity index (χ1v) is 14.9. The number of sulfonamides is 1. The van der Waals surface area contributed by atoms with Crippen LogP contribution in [0.2, 0.25) is 0 Å². The van der Waals surface area contributed by atoms with Gasteiger partial charge in [0.1, 0.15) is 23.6 Å². The van der Waals surface area contributed by atoms with Crippen LogP contribution in [-0.4, -0.2) is 50.5 Å². The Morgan fingerprint density at radius 3 is 2.31 bits per heavy atom. The van der Waals surface area contributed by atoms with Crippen molar-refractivity contribution in [2.45, 2.75) is 50.2 Å². The number of pyridine rings is 1. The first kappa shape index (κ1) is 33.6. The largest absolute Gasteiger partial charge is 0.484 e. The van der Waals surface area contributed by atoms with Gasteiger partial charge in [-0.25, -0.2) is 13.4 Å². The number of rotatable bonds is 8. The molecule has 2 aromatic carbocycles. The summed E-state index contributed by atoms with van der Waals surface area (Å²) in [6.07, 6.45) is -10.6. The van der Waals surface area contributed by atoms with Crippen LogP contribution in [0.5, 0.6) is 5.75 Å². The van der Waals surface area contributed by atoms with Crippen molar-refractivity contribution in [3.05, 3.63) is 71.9 Å². The molecule has 0 saturated carbocycles. The number of anilines is 1. The monoisotopic (exact) mass is 658 g/mol. The molecule has 4 rings (SSSR count). The topological polar surface area (TPSA) is 118 Å². The molecule has 9 nitrogen and oxygen atoms in total. The molecule has 0 aliphatic carbocycles. The van der Waals surface area contributed by atoms with E-state index < -0.39 is 69.0 Å². The zero-order valence-electron chi connectivity index (χ0n) is 24.0. The summed E-state index contributed by atoms with van der Waals surface area (Å²) in [7, 11) is -4.72. The number of carbonyl (C=O) groups is 2. The summed E-state index contributed by atoms with van der Waals surface area (Å²) in [5, 5.41) is 5.13. The molecule has 242 valence electrons. The van der Waals surface area contributed by atoms with E-state index in [-0.39, 0.29) is 35.2 Å². The van der Waals surface area contributed by atoms with Crippen LogP contribution in [0.1, 0.15) is 32.0 Å². The van der Waals surface area contributed by atoms with Gasteiger partial charge in [0.2, 0.25) is 11.8 Å². The van der Waals surface area contributed by atoms with Crippen molar-refractivity contribution < 1.29 is 49.1 Å². The van der Waals surface area contributed by atoms with Crippen molar-refractivity contribution in [3.8, 4) is 17.0 Å². The van der Waals surface area contributed by atoms with Crippen molar-refractivity contribution in [2.24, 2.45) is 5.92 Å². The highest BCUT2D eigenvalue weighted by Crippen LogP contribution is 2.41. The van der Waals surface area contributed by atoms with Crippen LogP contribution in [0.25, 0.3) is 11.3 Å². The van der Waals surface area contributed by atoms with Gasteiger partial charge in [-0.3, -0.25) is 13.9 Å². The zero-order valence-corrected chi connectivity index (χ0v) is 24.8. The van der Waals surface area contributed by atoms with Crippen LogP contribution < -0.4 is 19.7 Å². The molecule has 1 aromatic heterocycles. The van der Waals surface area contributed by atoms with Gasteiger partial charge in [0.15, 0.2) is 0 Å². The van der Waals surface area contributed by atoms with E-state index in [1.54, 1.807) is 13.8 Å². The predicted molar refractivity (Wildman–Crippen MR) is 151 cm³/mol. The molecule has 2 N–H and O–H groups in total. The highest BCUT2D eigenvalue weighted by Gasteiger charge is 2.38. The molecule has 0 radical (unpaired) electrons. The summed E-state index contributed by atoms with van der Waals surface area (Å²) in [5.74, 6) is -1.39. The van der Waals surface area contributed by atoms with Crippen molar-refractivity contribution >= 4 is 27.5 Å². The summed E-state index contributed by atoms with van der Waals surface area (Å²) in [6.45, 7) is 3.90. The number of nitrogens with one attached hydrogen (secondary N) is 2. The van der Waals surface area contributed by atoms with Crippen LogP contribution in [0.15, 0.2) is 65.6 Å². The molecule has 16 heteroatoms. The smallest absolute Gasteiger partial charge is 0.433 e. The molecule has 2 heterocycles. The van der Waals surface area contributed by atoms with Crippen molar-refractivity contribution in [1.29, 1.82) is 0 Å². The van der Waals surface area contributed by atoms with E-state index in [9.17, 15) is 44.3 Å². The number of fused-ring (bicyclic) bond motifs is 1. The fourth-order valence-electron chi connectivity index (χ4n) is 4.60. The standard InChI is InChI=1S/C29H28F6N4O5S/c1-16(2)26(37-17(3)40)27(41)36-14-20-15-39(45(42,43)21-7-4-6-19(13-21)28(30,31)32)23-12-18(10-11-24(23)44-20)22-8-5-9-25(38-22)29(33,34)35/h4-13,16,20,26H,14-15H2,1-3H3,(H,36,41)(H,37,40)/t20-,26?/m0/s1. The lowest BCUT2D eigenvalue weighted by Gasteiger charge is -2.36. The summed E-state index contributed by atoms with van der Waals surface area (Å²) >= 11 is 0. The summed E-state index contributed by atoms with van der Waals surface area (Å²) < 4.78 is 115. The third-order valence-electron chi connectivity index (χ3n) is 6.79. The third-order valence-corrected chi connectivity index (χ3v) is 8.56. The number of aromatic nitrogens is 1. The number of hydrogen-bond acceptors (Lipinski definition) is 6. The summed E-state index contributed by atoms with van der Waals surface area (Å²) in [6, 6.07) is 9.22. The van der Waals surface area contributed by atoms with Gasteiger partial charge < -0.3 is 15.4 Å². The third kappa shape index (κ3) is 7.67. The van der Waals surface area contributed by atoms with E-state index >= 15 is 0 Å². The molecule has 1 aliphatic rings.